The monoisotopic (exact) mass is 398 g/mol. The van der Waals surface area contributed by atoms with E-state index in [1.54, 1.807) is 22.9 Å². The van der Waals surface area contributed by atoms with Gasteiger partial charge in [0, 0.05) is 18.7 Å². The second kappa shape index (κ2) is 8.34. The zero-order chi connectivity index (χ0) is 21.1. The van der Waals surface area contributed by atoms with Crippen LogP contribution in [-0.2, 0) is 13.1 Å². The van der Waals surface area contributed by atoms with Crippen molar-refractivity contribution in [3.05, 3.63) is 35.2 Å². The highest BCUT2D eigenvalue weighted by Crippen LogP contribution is 2.31. The number of hydrogen-bond acceptors (Lipinski definition) is 5. The van der Waals surface area contributed by atoms with Gasteiger partial charge in [-0.3, -0.25) is 19.6 Å². The maximum Gasteiger partial charge on any atom is 0.276 e. The Balaban J connectivity index is 2.10. The van der Waals surface area contributed by atoms with E-state index >= 15 is 0 Å². The number of methoxy groups -OCH3 is 1. The summed E-state index contributed by atoms with van der Waals surface area (Å²) in [5, 5.41) is 7.22. The molecule has 0 unspecified atom stereocenters. The van der Waals surface area contributed by atoms with Crippen molar-refractivity contribution in [1.29, 1.82) is 0 Å². The third kappa shape index (κ3) is 3.94. The van der Waals surface area contributed by atoms with Gasteiger partial charge in [-0.05, 0) is 38.5 Å². The number of carbonyl (C=O) groups excluding carboxylic acids is 2. The molecule has 1 aromatic carbocycles. The summed E-state index contributed by atoms with van der Waals surface area (Å²) in [4.78, 5) is 29.1. The first kappa shape index (κ1) is 20.4. The van der Waals surface area contributed by atoms with E-state index in [-0.39, 0.29) is 5.91 Å². The molecule has 0 atom stereocenters. The lowest BCUT2D eigenvalue weighted by molar-refractivity contribution is 0.0995. The number of hydrogen-bond donors (Lipinski definition) is 2. The van der Waals surface area contributed by atoms with Crippen molar-refractivity contribution < 1.29 is 14.3 Å². The molecule has 0 aliphatic heterocycles. The molecule has 3 rings (SSSR count). The van der Waals surface area contributed by atoms with E-state index in [2.05, 4.69) is 22.3 Å². The van der Waals surface area contributed by atoms with Gasteiger partial charge in [-0.15, -0.1) is 0 Å². The summed E-state index contributed by atoms with van der Waals surface area (Å²) >= 11 is 0. The van der Waals surface area contributed by atoms with E-state index in [1.807, 2.05) is 18.4 Å². The third-order valence-electron chi connectivity index (χ3n) is 4.71. The number of primary amides is 1. The molecule has 2 amide bonds. The molecule has 9 heteroatoms. The van der Waals surface area contributed by atoms with E-state index in [0.29, 0.717) is 47.1 Å². The van der Waals surface area contributed by atoms with Gasteiger partial charge in [0.15, 0.2) is 0 Å². The molecule has 29 heavy (non-hydrogen) atoms. The lowest BCUT2D eigenvalue weighted by Gasteiger charge is -2.12. The van der Waals surface area contributed by atoms with Gasteiger partial charge in [0.05, 0.1) is 18.3 Å². The Morgan fingerprint density at radius 3 is 2.62 bits per heavy atom. The van der Waals surface area contributed by atoms with Crippen molar-refractivity contribution in [2.45, 2.75) is 46.7 Å². The molecule has 0 spiro atoms. The Kier molecular flexibility index (Phi) is 5.86. The summed E-state index contributed by atoms with van der Waals surface area (Å²) in [6, 6.07) is 4.94. The van der Waals surface area contributed by atoms with Gasteiger partial charge in [0.1, 0.15) is 17.0 Å². The van der Waals surface area contributed by atoms with Crippen LogP contribution in [0.1, 0.15) is 53.2 Å². The lowest BCUT2D eigenvalue weighted by Crippen LogP contribution is -2.20. The SMILES string of the molecule is CCCCn1c(NC(=O)c2cc(C)nn2CC)nc2cc(C(N)=O)cc(OC)c21. The van der Waals surface area contributed by atoms with Gasteiger partial charge in [-0.1, -0.05) is 13.3 Å². The molecular weight excluding hydrogens is 372 g/mol. The average molecular weight is 398 g/mol. The van der Waals surface area contributed by atoms with Gasteiger partial charge in [-0.2, -0.15) is 5.10 Å². The van der Waals surface area contributed by atoms with Crippen LogP contribution in [-0.4, -0.2) is 38.3 Å². The van der Waals surface area contributed by atoms with Crippen LogP contribution in [0.4, 0.5) is 5.95 Å². The number of rotatable bonds is 8. The number of aryl methyl sites for hydroxylation is 3. The highest BCUT2D eigenvalue weighted by atomic mass is 16.5. The van der Waals surface area contributed by atoms with Crippen LogP contribution in [0, 0.1) is 6.92 Å². The molecule has 0 fully saturated rings. The fourth-order valence-electron chi connectivity index (χ4n) is 3.29. The maximum absolute atomic E-state index is 12.9. The average Bonchev–Trinajstić information content (AvgIpc) is 3.25. The number of fused-ring (bicyclic) bond motifs is 1. The normalized spacial score (nSPS) is 11.0. The predicted molar refractivity (Wildman–Crippen MR) is 110 cm³/mol. The van der Waals surface area contributed by atoms with Crippen LogP contribution in [0.25, 0.3) is 11.0 Å². The first-order valence-electron chi connectivity index (χ1n) is 9.63. The minimum absolute atomic E-state index is 0.297. The number of amides is 2. The number of nitrogens with one attached hydrogen (secondary N) is 1. The van der Waals surface area contributed by atoms with Gasteiger partial charge in [0.2, 0.25) is 11.9 Å². The number of nitrogens with two attached hydrogens (primary N) is 1. The zero-order valence-electron chi connectivity index (χ0n) is 17.2. The number of benzene rings is 1. The van der Waals surface area contributed by atoms with Crippen molar-refractivity contribution in [3.63, 3.8) is 0 Å². The lowest BCUT2D eigenvalue weighted by atomic mass is 10.1. The molecular formula is C20H26N6O3. The maximum atomic E-state index is 12.9. The minimum Gasteiger partial charge on any atom is -0.494 e. The summed E-state index contributed by atoms with van der Waals surface area (Å²) in [6.07, 6.45) is 1.86. The molecule has 3 N–H and O–H groups in total. The second-order valence-electron chi connectivity index (χ2n) is 6.79. The first-order chi connectivity index (χ1) is 13.9. The van der Waals surface area contributed by atoms with E-state index < -0.39 is 5.91 Å². The number of unbranched alkanes of at least 4 members (excludes halogenated alkanes) is 1. The predicted octanol–water partition coefficient (Wildman–Crippen LogP) is 2.72. The summed E-state index contributed by atoms with van der Waals surface area (Å²) in [5.74, 6) is 0.00513. The molecule has 0 saturated heterocycles. The van der Waals surface area contributed by atoms with E-state index in [9.17, 15) is 9.59 Å². The molecule has 0 aliphatic carbocycles. The fourth-order valence-corrected chi connectivity index (χ4v) is 3.29. The number of nitrogens with zero attached hydrogens (tertiary/aromatic N) is 4. The Bertz CT molecular complexity index is 1070. The summed E-state index contributed by atoms with van der Waals surface area (Å²) < 4.78 is 9.04. The number of ether oxygens (including phenoxy) is 1. The molecule has 0 radical (unpaired) electrons. The second-order valence-corrected chi connectivity index (χ2v) is 6.79. The molecule has 2 aromatic heterocycles. The highest BCUT2D eigenvalue weighted by Gasteiger charge is 2.21. The standard InChI is InChI=1S/C20H26N6O3/c1-5-7-8-25-17-14(10-13(18(21)27)11-16(17)29-4)22-20(25)23-19(28)15-9-12(3)24-26(15)6-2/h9-11H,5-8H2,1-4H3,(H2,21,27)(H,22,23,28). The fraction of sp³-hybridized carbons (Fsp3) is 0.400. The van der Waals surface area contributed by atoms with Crippen molar-refractivity contribution in [2.75, 3.05) is 12.4 Å². The summed E-state index contributed by atoms with van der Waals surface area (Å²) in [5.41, 5.74) is 8.21. The van der Waals surface area contributed by atoms with Crippen molar-refractivity contribution in [2.24, 2.45) is 5.73 Å². The molecule has 2 heterocycles. The van der Waals surface area contributed by atoms with Crippen molar-refractivity contribution in [3.8, 4) is 5.75 Å². The minimum atomic E-state index is -0.568. The smallest absolute Gasteiger partial charge is 0.276 e. The quantitative estimate of drug-likeness (QED) is 0.605. The van der Waals surface area contributed by atoms with E-state index in [0.717, 1.165) is 18.5 Å². The molecule has 9 nitrogen and oxygen atoms in total. The van der Waals surface area contributed by atoms with Gasteiger partial charge < -0.3 is 15.0 Å². The van der Waals surface area contributed by atoms with Crippen LogP contribution in [0.3, 0.4) is 0 Å². The molecule has 154 valence electrons. The summed E-state index contributed by atoms with van der Waals surface area (Å²) in [6.45, 7) is 7.08. The Morgan fingerprint density at radius 2 is 2.00 bits per heavy atom. The van der Waals surface area contributed by atoms with Crippen LogP contribution in [0.15, 0.2) is 18.2 Å². The Hall–Kier alpha value is -3.36. The van der Waals surface area contributed by atoms with Crippen LogP contribution >= 0.6 is 0 Å². The molecule has 3 aromatic rings. The zero-order valence-corrected chi connectivity index (χ0v) is 17.2. The number of carbonyl (C=O) groups is 2. The third-order valence-corrected chi connectivity index (χ3v) is 4.71. The van der Waals surface area contributed by atoms with E-state index in [1.165, 1.54) is 7.11 Å². The molecule has 0 aliphatic rings. The first-order valence-corrected chi connectivity index (χ1v) is 9.63. The van der Waals surface area contributed by atoms with Crippen molar-refractivity contribution in [1.82, 2.24) is 19.3 Å². The Labute approximate surface area is 168 Å². The molecule has 0 saturated carbocycles. The van der Waals surface area contributed by atoms with Crippen LogP contribution < -0.4 is 15.8 Å². The van der Waals surface area contributed by atoms with Gasteiger partial charge in [-0.25, -0.2) is 4.98 Å². The van der Waals surface area contributed by atoms with Crippen LogP contribution in [0.2, 0.25) is 0 Å². The molecule has 0 bridgehead atoms. The van der Waals surface area contributed by atoms with Crippen LogP contribution in [0.5, 0.6) is 5.75 Å². The van der Waals surface area contributed by atoms with E-state index in [4.69, 9.17) is 10.5 Å². The summed E-state index contributed by atoms with van der Waals surface area (Å²) in [7, 11) is 1.53. The largest absolute Gasteiger partial charge is 0.494 e. The van der Waals surface area contributed by atoms with Crippen molar-refractivity contribution >= 4 is 28.8 Å². The van der Waals surface area contributed by atoms with Gasteiger partial charge >= 0.3 is 0 Å². The Morgan fingerprint density at radius 1 is 1.24 bits per heavy atom. The number of aromatic nitrogens is 4. The number of anilines is 1. The highest BCUT2D eigenvalue weighted by molar-refractivity contribution is 6.04. The van der Waals surface area contributed by atoms with Gasteiger partial charge in [0.25, 0.3) is 5.91 Å². The number of imidazole rings is 1. The topological polar surface area (TPSA) is 117 Å².